The number of carbonyl (C=O) groups excluding carboxylic acids is 1. The largest absolute Gasteiger partial charge is 0.511 e. The predicted molar refractivity (Wildman–Crippen MR) is 69.4 cm³/mol. The highest BCUT2D eigenvalue weighted by molar-refractivity contribution is 5.63. The molecule has 1 N–H and O–H groups in total. The lowest BCUT2D eigenvalue weighted by molar-refractivity contribution is -0.155. The van der Waals surface area contributed by atoms with Gasteiger partial charge in [-0.2, -0.15) is 0 Å². The molecule has 0 amide bonds. The number of ether oxygens (including phenoxy) is 3. The third-order valence-corrected chi connectivity index (χ3v) is 3.12. The van der Waals surface area contributed by atoms with Crippen LogP contribution in [0.25, 0.3) is 0 Å². The van der Waals surface area contributed by atoms with Gasteiger partial charge in [-0.15, -0.1) is 0 Å². The van der Waals surface area contributed by atoms with Crippen LogP contribution in [0.1, 0.15) is 11.1 Å². The molecule has 1 aliphatic rings. The maximum Gasteiger partial charge on any atom is 0.511 e. The molecule has 0 fully saturated rings. The van der Waals surface area contributed by atoms with Gasteiger partial charge in [-0.1, -0.05) is 24.3 Å². The Bertz CT molecular complexity index is 619. The third-order valence-electron chi connectivity index (χ3n) is 3.12. The zero-order valence-electron chi connectivity index (χ0n) is 10.7. The van der Waals surface area contributed by atoms with Crippen molar-refractivity contribution in [1.82, 2.24) is 0 Å². The monoisotopic (exact) mass is 272 g/mol. The second-order valence-electron chi connectivity index (χ2n) is 4.29. The molecule has 3 rings (SSSR count). The first kappa shape index (κ1) is 12.5. The molecule has 0 aliphatic carbocycles. The maximum atomic E-state index is 11.5. The Morgan fingerprint density at radius 2 is 1.55 bits per heavy atom. The molecule has 0 saturated heterocycles. The van der Waals surface area contributed by atoms with E-state index in [4.69, 9.17) is 9.47 Å². The van der Waals surface area contributed by atoms with Crippen molar-refractivity contribution in [2.45, 2.75) is 5.79 Å². The van der Waals surface area contributed by atoms with Gasteiger partial charge in [0, 0.05) is 0 Å². The SMILES string of the molecule is COC(=O)OC1(O)c2ccccc2Oc2ccccc21. The van der Waals surface area contributed by atoms with E-state index < -0.39 is 11.9 Å². The molecule has 2 aromatic carbocycles. The van der Waals surface area contributed by atoms with E-state index in [1.165, 1.54) is 7.11 Å². The molecular weight excluding hydrogens is 260 g/mol. The van der Waals surface area contributed by atoms with Crippen LogP contribution in [-0.2, 0) is 15.3 Å². The minimum Gasteiger partial charge on any atom is -0.456 e. The van der Waals surface area contributed by atoms with Crippen LogP contribution in [-0.4, -0.2) is 18.4 Å². The van der Waals surface area contributed by atoms with Crippen molar-refractivity contribution in [2.75, 3.05) is 7.11 Å². The predicted octanol–water partition coefficient (Wildman–Crippen LogP) is 2.77. The Hall–Kier alpha value is -2.53. The fourth-order valence-electron chi connectivity index (χ4n) is 2.21. The van der Waals surface area contributed by atoms with Gasteiger partial charge in [-0.25, -0.2) is 4.79 Å². The van der Waals surface area contributed by atoms with Crippen molar-refractivity contribution >= 4 is 6.16 Å². The zero-order chi connectivity index (χ0) is 14.2. The molecule has 5 nitrogen and oxygen atoms in total. The van der Waals surface area contributed by atoms with E-state index in [1.807, 2.05) is 0 Å². The summed E-state index contributed by atoms with van der Waals surface area (Å²) < 4.78 is 15.3. The number of benzene rings is 2. The van der Waals surface area contributed by atoms with Gasteiger partial charge in [0.2, 0.25) is 0 Å². The van der Waals surface area contributed by atoms with E-state index in [0.29, 0.717) is 22.6 Å². The number of methoxy groups -OCH3 is 1. The van der Waals surface area contributed by atoms with Crippen molar-refractivity contribution in [2.24, 2.45) is 0 Å². The third kappa shape index (κ3) is 1.80. The first-order valence-corrected chi connectivity index (χ1v) is 6.01. The number of carbonyl (C=O) groups is 1. The molecule has 0 atom stereocenters. The van der Waals surface area contributed by atoms with Gasteiger partial charge in [-0.05, 0) is 24.3 Å². The summed E-state index contributed by atoms with van der Waals surface area (Å²) in [4.78, 5) is 11.5. The van der Waals surface area contributed by atoms with Gasteiger partial charge in [-0.3, -0.25) is 0 Å². The molecule has 0 unspecified atom stereocenters. The second-order valence-corrected chi connectivity index (χ2v) is 4.29. The Kier molecular flexibility index (Phi) is 2.84. The molecule has 1 aliphatic heterocycles. The minimum atomic E-state index is -1.93. The van der Waals surface area contributed by atoms with Crippen LogP contribution < -0.4 is 4.74 Å². The van der Waals surface area contributed by atoms with Crippen molar-refractivity contribution in [3.8, 4) is 11.5 Å². The standard InChI is InChI=1S/C15H12O5/c1-18-14(16)20-15(17)10-6-2-4-8-12(10)19-13-9-5-3-7-11(13)15/h2-9,17H,1H3. The number of aliphatic hydroxyl groups is 1. The van der Waals surface area contributed by atoms with E-state index in [0.717, 1.165) is 0 Å². The lowest BCUT2D eigenvalue weighted by Gasteiger charge is -2.34. The normalized spacial score (nSPS) is 14.5. The number of hydrogen-bond donors (Lipinski definition) is 1. The summed E-state index contributed by atoms with van der Waals surface area (Å²) in [6.45, 7) is 0. The average molecular weight is 272 g/mol. The Labute approximate surface area is 115 Å². The second kappa shape index (κ2) is 4.54. The van der Waals surface area contributed by atoms with E-state index in [-0.39, 0.29) is 0 Å². The number of fused-ring (bicyclic) bond motifs is 2. The summed E-state index contributed by atoms with van der Waals surface area (Å²) in [5.41, 5.74) is 0.702. The van der Waals surface area contributed by atoms with Crippen molar-refractivity contribution in [1.29, 1.82) is 0 Å². The number of para-hydroxylation sites is 2. The van der Waals surface area contributed by atoms with E-state index in [2.05, 4.69) is 4.74 Å². The quantitative estimate of drug-likeness (QED) is 0.638. The van der Waals surface area contributed by atoms with Gasteiger partial charge < -0.3 is 19.3 Å². The molecule has 20 heavy (non-hydrogen) atoms. The fourth-order valence-corrected chi connectivity index (χ4v) is 2.21. The molecule has 102 valence electrons. The first-order chi connectivity index (χ1) is 9.65. The summed E-state index contributed by atoms with van der Waals surface area (Å²) in [7, 11) is 1.18. The summed E-state index contributed by atoms with van der Waals surface area (Å²) in [6, 6.07) is 13.6. The van der Waals surface area contributed by atoms with Gasteiger partial charge in [0.25, 0.3) is 5.79 Å². The van der Waals surface area contributed by atoms with Crippen LogP contribution in [0.2, 0.25) is 0 Å². The van der Waals surface area contributed by atoms with E-state index in [1.54, 1.807) is 48.5 Å². The molecule has 0 bridgehead atoms. The summed E-state index contributed by atoms with van der Waals surface area (Å²) >= 11 is 0. The van der Waals surface area contributed by atoms with Crippen LogP contribution in [0.5, 0.6) is 11.5 Å². The fraction of sp³-hybridized carbons (Fsp3) is 0.133. The molecule has 5 heteroatoms. The molecule has 0 spiro atoms. The van der Waals surface area contributed by atoms with Crippen LogP contribution in [0.3, 0.4) is 0 Å². The van der Waals surface area contributed by atoms with Crippen molar-refractivity contribution < 1.29 is 24.1 Å². The van der Waals surface area contributed by atoms with Crippen LogP contribution in [0.4, 0.5) is 4.79 Å². The van der Waals surface area contributed by atoms with Gasteiger partial charge in [0.05, 0.1) is 18.2 Å². The van der Waals surface area contributed by atoms with Gasteiger partial charge in [0.1, 0.15) is 11.5 Å². The molecule has 0 aromatic heterocycles. The number of rotatable bonds is 1. The molecule has 0 radical (unpaired) electrons. The lowest BCUT2D eigenvalue weighted by atomic mass is 9.93. The van der Waals surface area contributed by atoms with E-state index >= 15 is 0 Å². The van der Waals surface area contributed by atoms with Crippen LogP contribution >= 0.6 is 0 Å². The highest BCUT2D eigenvalue weighted by Crippen LogP contribution is 2.47. The first-order valence-electron chi connectivity index (χ1n) is 6.01. The number of hydrogen-bond acceptors (Lipinski definition) is 5. The Morgan fingerprint density at radius 1 is 1.05 bits per heavy atom. The topological polar surface area (TPSA) is 65.0 Å². The van der Waals surface area contributed by atoms with Crippen LogP contribution in [0.15, 0.2) is 48.5 Å². The van der Waals surface area contributed by atoms with Crippen molar-refractivity contribution in [3.63, 3.8) is 0 Å². The summed E-state index contributed by atoms with van der Waals surface area (Å²) in [5, 5.41) is 10.9. The van der Waals surface area contributed by atoms with Crippen molar-refractivity contribution in [3.05, 3.63) is 59.7 Å². The minimum absolute atomic E-state index is 0.351. The molecular formula is C15H12O5. The molecule has 2 aromatic rings. The molecule has 0 saturated carbocycles. The van der Waals surface area contributed by atoms with Crippen LogP contribution in [0, 0.1) is 0 Å². The summed E-state index contributed by atoms with van der Waals surface area (Å²) in [5.74, 6) is -1.08. The highest BCUT2D eigenvalue weighted by atomic mass is 16.8. The van der Waals surface area contributed by atoms with Gasteiger partial charge >= 0.3 is 6.16 Å². The average Bonchev–Trinajstić information content (AvgIpc) is 2.47. The lowest BCUT2D eigenvalue weighted by Crippen LogP contribution is -2.36. The van der Waals surface area contributed by atoms with E-state index in [9.17, 15) is 9.90 Å². The Morgan fingerprint density at radius 3 is 2.05 bits per heavy atom. The van der Waals surface area contributed by atoms with Gasteiger partial charge in [0.15, 0.2) is 0 Å². The highest BCUT2D eigenvalue weighted by Gasteiger charge is 2.44. The zero-order valence-corrected chi connectivity index (χ0v) is 10.7. The smallest absolute Gasteiger partial charge is 0.456 e. The maximum absolute atomic E-state index is 11.5. The Balaban J connectivity index is 2.19. The molecule has 1 heterocycles. The summed E-state index contributed by atoms with van der Waals surface area (Å²) in [6.07, 6.45) is -0.973.